The number of aliphatic hydroxyl groups excluding tert-OH is 2. The van der Waals surface area contributed by atoms with Crippen molar-refractivity contribution in [2.45, 2.75) is 443 Å². The molecule has 2 atom stereocenters. The third-order valence-corrected chi connectivity index (χ3v) is 17.8. The van der Waals surface area contributed by atoms with Crippen molar-refractivity contribution in [2.24, 2.45) is 0 Å². The second-order valence-electron chi connectivity index (χ2n) is 26.0. The Morgan fingerprint density at radius 2 is 0.580 bits per heavy atom. The van der Waals surface area contributed by atoms with Gasteiger partial charge in [-0.3, -0.25) is 9.59 Å². The minimum atomic E-state index is -0.657. The maximum atomic E-state index is 12.5. The molecule has 0 aliphatic carbocycles. The molecule has 0 saturated carbocycles. The van der Waals surface area contributed by atoms with Gasteiger partial charge in [0.25, 0.3) is 0 Å². The van der Waals surface area contributed by atoms with Crippen LogP contribution in [0.25, 0.3) is 0 Å². The number of unbranched alkanes of at least 4 members (excludes halogenated alkanes) is 58. The number of nitrogens with one attached hydrogen (secondary N) is 1. The van der Waals surface area contributed by atoms with Crippen LogP contribution in [0.4, 0.5) is 0 Å². The van der Waals surface area contributed by atoms with Crippen molar-refractivity contribution in [2.75, 3.05) is 13.2 Å². The Bertz CT molecular complexity index is 1220. The van der Waals surface area contributed by atoms with Gasteiger partial charge in [0, 0.05) is 12.8 Å². The van der Waals surface area contributed by atoms with Gasteiger partial charge >= 0.3 is 5.97 Å². The lowest BCUT2D eigenvalue weighted by atomic mass is 10.0. The molecule has 0 aromatic rings. The van der Waals surface area contributed by atoms with Gasteiger partial charge < -0.3 is 20.3 Å². The summed E-state index contributed by atoms with van der Waals surface area (Å²) in [6, 6.07) is -0.534. The van der Waals surface area contributed by atoms with Crippen LogP contribution >= 0.6 is 0 Å². The van der Waals surface area contributed by atoms with Crippen molar-refractivity contribution in [3.63, 3.8) is 0 Å². The van der Waals surface area contributed by atoms with Gasteiger partial charge in [-0.2, -0.15) is 0 Å². The Kier molecular flexibility index (Phi) is 69.9. The molecule has 0 bridgehead atoms. The van der Waals surface area contributed by atoms with Crippen molar-refractivity contribution in [1.82, 2.24) is 5.32 Å². The van der Waals surface area contributed by atoms with E-state index in [2.05, 4.69) is 31.3 Å². The molecule has 0 aromatic carbocycles. The Morgan fingerprint density at radius 3 is 0.877 bits per heavy atom. The Hall–Kier alpha value is -1.40. The van der Waals surface area contributed by atoms with Crippen LogP contribution in [0.5, 0.6) is 0 Å². The first-order valence-electron chi connectivity index (χ1n) is 37.4. The first-order valence-corrected chi connectivity index (χ1v) is 37.4. The third kappa shape index (κ3) is 67.6. The van der Waals surface area contributed by atoms with Gasteiger partial charge in [-0.05, 0) is 51.4 Å². The summed E-state index contributed by atoms with van der Waals surface area (Å²) in [6.07, 6.45) is 88.8. The minimum Gasteiger partial charge on any atom is -0.466 e. The van der Waals surface area contributed by atoms with Crippen LogP contribution in [0, 0.1) is 0 Å². The number of ether oxygens (including phenoxy) is 1. The molecule has 0 aliphatic rings. The molecular weight excluding hydrogens is 995 g/mol. The molecule has 0 radical (unpaired) electrons. The van der Waals surface area contributed by atoms with Crippen LogP contribution in [-0.2, 0) is 14.3 Å². The zero-order chi connectivity index (χ0) is 58.5. The quantitative estimate of drug-likeness (QED) is 0.0320. The largest absolute Gasteiger partial charge is 0.466 e. The molecule has 1 amide bonds. The molecule has 6 nitrogen and oxygen atoms in total. The molecule has 482 valence electrons. The van der Waals surface area contributed by atoms with Crippen molar-refractivity contribution >= 4 is 11.9 Å². The van der Waals surface area contributed by atoms with E-state index in [9.17, 15) is 19.8 Å². The first kappa shape index (κ1) is 79.6. The zero-order valence-electron chi connectivity index (χ0n) is 55.3. The number of amides is 1. The lowest BCUT2D eigenvalue weighted by molar-refractivity contribution is -0.143. The highest BCUT2D eigenvalue weighted by molar-refractivity contribution is 5.76. The van der Waals surface area contributed by atoms with Crippen LogP contribution in [0.3, 0.4) is 0 Å². The summed E-state index contributed by atoms with van der Waals surface area (Å²) < 4.78 is 5.50. The number of carbonyl (C=O) groups is 2. The molecular formula is C75H147NO5. The summed E-state index contributed by atoms with van der Waals surface area (Å²) in [5.41, 5.74) is 0. The third-order valence-electron chi connectivity index (χ3n) is 17.8. The van der Waals surface area contributed by atoms with Crippen molar-refractivity contribution in [3.8, 4) is 0 Å². The van der Waals surface area contributed by atoms with Gasteiger partial charge in [0.2, 0.25) is 5.91 Å². The Morgan fingerprint density at radius 1 is 0.333 bits per heavy atom. The van der Waals surface area contributed by atoms with E-state index in [1.165, 1.54) is 353 Å². The summed E-state index contributed by atoms with van der Waals surface area (Å²) in [5, 5.41) is 23.2. The predicted octanol–water partition coefficient (Wildman–Crippen LogP) is 24.3. The average Bonchev–Trinajstić information content (AvgIpc) is 3.47. The summed E-state index contributed by atoms with van der Waals surface area (Å²) in [6.45, 7) is 4.97. The molecule has 0 spiro atoms. The standard InChI is InChI=1S/C75H147NO5/c1-3-5-7-9-11-13-15-16-42-46-49-53-57-61-65-69-75(80)81-70-66-62-58-54-50-47-44-41-39-37-35-33-31-29-27-25-23-21-19-17-18-20-22-24-26-28-30-32-34-36-38-40-43-45-48-52-56-60-64-68-74(79)76-72(71-77)73(78)67-63-59-55-51-14-12-10-8-6-4-2/h16,42,72-73,77-78H,3-15,17-41,43-71H2,1-2H3,(H,76,79)/b42-16-. The Balaban J connectivity index is 3.26. The van der Waals surface area contributed by atoms with Gasteiger partial charge in [-0.25, -0.2) is 0 Å². The molecule has 0 rings (SSSR count). The van der Waals surface area contributed by atoms with Crippen LogP contribution in [0.1, 0.15) is 431 Å². The van der Waals surface area contributed by atoms with E-state index in [-0.39, 0.29) is 18.5 Å². The van der Waals surface area contributed by atoms with E-state index in [4.69, 9.17) is 4.74 Å². The maximum Gasteiger partial charge on any atom is 0.305 e. The number of esters is 1. The normalized spacial score (nSPS) is 12.5. The van der Waals surface area contributed by atoms with Crippen LogP contribution < -0.4 is 5.32 Å². The van der Waals surface area contributed by atoms with E-state index in [1.807, 2.05) is 0 Å². The number of carbonyl (C=O) groups excluding carboxylic acids is 2. The number of rotatable bonds is 71. The van der Waals surface area contributed by atoms with E-state index in [0.29, 0.717) is 25.9 Å². The molecule has 2 unspecified atom stereocenters. The summed E-state index contributed by atoms with van der Waals surface area (Å²) in [4.78, 5) is 24.5. The highest BCUT2D eigenvalue weighted by Gasteiger charge is 2.20. The van der Waals surface area contributed by atoms with Gasteiger partial charge in [0.05, 0.1) is 25.4 Å². The monoisotopic (exact) mass is 1140 g/mol. The Labute approximate surface area is 508 Å². The van der Waals surface area contributed by atoms with Gasteiger partial charge in [0.1, 0.15) is 0 Å². The highest BCUT2D eigenvalue weighted by Crippen LogP contribution is 2.20. The molecule has 0 saturated heterocycles. The summed E-state index contributed by atoms with van der Waals surface area (Å²) >= 11 is 0. The lowest BCUT2D eigenvalue weighted by Gasteiger charge is -2.22. The topological polar surface area (TPSA) is 95.9 Å². The minimum absolute atomic E-state index is 0.0169. The van der Waals surface area contributed by atoms with Crippen molar-refractivity contribution in [3.05, 3.63) is 12.2 Å². The molecule has 0 fully saturated rings. The van der Waals surface area contributed by atoms with E-state index < -0.39 is 12.1 Å². The fourth-order valence-corrected chi connectivity index (χ4v) is 12.1. The van der Waals surface area contributed by atoms with Crippen LogP contribution in [-0.4, -0.2) is 47.4 Å². The van der Waals surface area contributed by atoms with Crippen molar-refractivity contribution in [1.29, 1.82) is 0 Å². The van der Waals surface area contributed by atoms with Gasteiger partial charge in [0.15, 0.2) is 0 Å². The number of hydrogen-bond acceptors (Lipinski definition) is 5. The van der Waals surface area contributed by atoms with Crippen molar-refractivity contribution < 1.29 is 24.5 Å². The number of hydrogen-bond donors (Lipinski definition) is 3. The SMILES string of the molecule is CCCCCCCC/C=C\CCCCCCCC(=O)OCCCCCCCCCCCCCCCCCCCCCCCCCCCCCCCCCCCCCCCCCC(=O)NC(CO)C(O)CCCCCCCCCCCC. The fraction of sp³-hybridized carbons (Fsp3) is 0.947. The summed E-state index contributed by atoms with van der Waals surface area (Å²) in [5.74, 6) is -0.0112. The first-order chi connectivity index (χ1) is 40.0. The summed E-state index contributed by atoms with van der Waals surface area (Å²) in [7, 11) is 0. The number of aliphatic hydroxyl groups is 2. The van der Waals surface area contributed by atoms with E-state index in [0.717, 1.165) is 44.9 Å². The van der Waals surface area contributed by atoms with E-state index >= 15 is 0 Å². The second-order valence-corrected chi connectivity index (χ2v) is 26.0. The fourth-order valence-electron chi connectivity index (χ4n) is 12.1. The average molecular weight is 1140 g/mol. The molecule has 81 heavy (non-hydrogen) atoms. The lowest BCUT2D eigenvalue weighted by Crippen LogP contribution is -2.45. The van der Waals surface area contributed by atoms with E-state index in [1.54, 1.807) is 0 Å². The maximum absolute atomic E-state index is 12.5. The number of allylic oxidation sites excluding steroid dienone is 2. The second kappa shape index (κ2) is 71.1. The van der Waals surface area contributed by atoms with Gasteiger partial charge in [-0.15, -0.1) is 0 Å². The smallest absolute Gasteiger partial charge is 0.305 e. The highest BCUT2D eigenvalue weighted by atomic mass is 16.5. The predicted molar refractivity (Wildman–Crippen MR) is 357 cm³/mol. The molecule has 0 heterocycles. The molecule has 3 N–H and O–H groups in total. The van der Waals surface area contributed by atoms with Crippen LogP contribution in [0.2, 0.25) is 0 Å². The van der Waals surface area contributed by atoms with Gasteiger partial charge in [-0.1, -0.05) is 379 Å². The molecule has 0 aromatic heterocycles. The molecule has 6 heteroatoms. The van der Waals surface area contributed by atoms with Crippen LogP contribution in [0.15, 0.2) is 12.2 Å². The molecule has 0 aliphatic heterocycles. The zero-order valence-corrected chi connectivity index (χ0v) is 55.3.